The van der Waals surface area contributed by atoms with E-state index in [2.05, 4.69) is 26.2 Å². The van der Waals surface area contributed by atoms with Gasteiger partial charge in [0.1, 0.15) is 5.76 Å². The smallest absolute Gasteiger partial charge is 0.122 e. The molecule has 0 aliphatic rings. The molecule has 2 heterocycles. The fraction of sp³-hybridized carbons (Fsp3) is 0.100. The Labute approximate surface area is 90.3 Å². The van der Waals surface area contributed by atoms with Crippen LogP contribution in [0.5, 0.6) is 0 Å². The molecule has 1 N–H and O–H groups in total. The Balaban J connectivity index is 1.98. The van der Waals surface area contributed by atoms with Crippen LogP contribution in [0.1, 0.15) is 5.76 Å². The molecule has 0 saturated heterocycles. The third-order valence-electron chi connectivity index (χ3n) is 1.75. The van der Waals surface area contributed by atoms with Crippen molar-refractivity contribution in [3.8, 4) is 0 Å². The lowest BCUT2D eigenvalue weighted by Crippen LogP contribution is -1.98. The van der Waals surface area contributed by atoms with Gasteiger partial charge in [0.25, 0.3) is 0 Å². The van der Waals surface area contributed by atoms with Crippen LogP contribution in [0.2, 0.25) is 0 Å². The molecule has 3 nitrogen and oxygen atoms in total. The number of nitrogens with one attached hydrogen (secondary N) is 1. The Hall–Kier alpha value is -1.29. The number of nitrogens with zero attached hydrogens (tertiary/aromatic N) is 1. The van der Waals surface area contributed by atoms with E-state index in [0.29, 0.717) is 6.54 Å². The van der Waals surface area contributed by atoms with Crippen molar-refractivity contribution < 1.29 is 4.42 Å². The molecule has 0 unspecified atom stereocenters. The fourth-order valence-corrected chi connectivity index (χ4v) is 1.48. The lowest BCUT2D eigenvalue weighted by Gasteiger charge is -2.03. The zero-order valence-corrected chi connectivity index (χ0v) is 8.99. The maximum atomic E-state index is 5.19. The second-order valence-electron chi connectivity index (χ2n) is 2.82. The van der Waals surface area contributed by atoms with Crippen molar-refractivity contribution in [1.82, 2.24) is 4.98 Å². The molecule has 0 bridgehead atoms. The van der Waals surface area contributed by atoms with Crippen molar-refractivity contribution in [3.63, 3.8) is 0 Å². The second kappa shape index (κ2) is 4.28. The standard InChI is InChI=1S/C10H9BrN2O/c11-8-4-9(6-12-5-8)13-7-10-2-1-3-14-10/h1-6,13H,7H2. The molecule has 2 aromatic heterocycles. The minimum Gasteiger partial charge on any atom is -0.467 e. The van der Waals surface area contributed by atoms with Crippen LogP contribution in [-0.4, -0.2) is 4.98 Å². The van der Waals surface area contributed by atoms with Crippen molar-refractivity contribution in [3.05, 3.63) is 47.1 Å². The molecule has 4 heteroatoms. The average Bonchev–Trinajstić information content (AvgIpc) is 2.67. The second-order valence-corrected chi connectivity index (χ2v) is 3.74. The number of pyridine rings is 1. The third-order valence-corrected chi connectivity index (χ3v) is 2.19. The Kier molecular flexibility index (Phi) is 2.84. The molecule has 0 aliphatic heterocycles. The van der Waals surface area contributed by atoms with Crippen LogP contribution in [0.3, 0.4) is 0 Å². The monoisotopic (exact) mass is 252 g/mol. The largest absolute Gasteiger partial charge is 0.467 e. The van der Waals surface area contributed by atoms with E-state index < -0.39 is 0 Å². The maximum Gasteiger partial charge on any atom is 0.122 e. The van der Waals surface area contributed by atoms with Gasteiger partial charge in [0.15, 0.2) is 0 Å². The predicted molar refractivity (Wildman–Crippen MR) is 58.0 cm³/mol. The number of aromatic nitrogens is 1. The van der Waals surface area contributed by atoms with Crippen LogP contribution < -0.4 is 5.32 Å². The first-order valence-electron chi connectivity index (χ1n) is 4.21. The number of hydrogen-bond acceptors (Lipinski definition) is 3. The van der Waals surface area contributed by atoms with E-state index in [-0.39, 0.29) is 0 Å². The van der Waals surface area contributed by atoms with Gasteiger partial charge in [0.05, 0.1) is 24.7 Å². The molecule has 0 atom stereocenters. The topological polar surface area (TPSA) is 38.1 Å². The fourth-order valence-electron chi connectivity index (χ4n) is 1.11. The summed E-state index contributed by atoms with van der Waals surface area (Å²) < 4.78 is 6.15. The molecule has 14 heavy (non-hydrogen) atoms. The van der Waals surface area contributed by atoms with Gasteiger partial charge < -0.3 is 9.73 Å². The molecule has 2 rings (SSSR count). The average molecular weight is 253 g/mol. The first kappa shape index (κ1) is 9.27. The Bertz CT molecular complexity index is 400. The molecule has 0 amide bonds. The van der Waals surface area contributed by atoms with Gasteiger partial charge >= 0.3 is 0 Å². The van der Waals surface area contributed by atoms with Gasteiger partial charge in [-0.1, -0.05) is 0 Å². The zero-order chi connectivity index (χ0) is 9.80. The van der Waals surface area contributed by atoms with Crippen molar-refractivity contribution >= 4 is 21.6 Å². The number of rotatable bonds is 3. The van der Waals surface area contributed by atoms with Crippen LogP contribution in [0.25, 0.3) is 0 Å². The first-order chi connectivity index (χ1) is 6.84. The van der Waals surface area contributed by atoms with E-state index in [1.807, 2.05) is 18.2 Å². The van der Waals surface area contributed by atoms with Crippen LogP contribution >= 0.6 is 15.9 Å². The minimum absolute atomic E-state index is 0.672. The van der Waals surface area contributed by atoms with Gasteiger partial charge in [0.2, 0.25) is 0 Å². The third kappa shape index (κ3) is 2.35. The molecule has 0 radical (unpaired) electrons. The summed E-state index contributed by atoms with van der Waals surface area (Å²) in [7, 11) is 0. The summed E-state index contributed by atoms with van der Waals surface area (Å²) in [5.74, 6) is 0.907. The van der Waals surface area contributed by atoms with Crippen LogP contribution in [0, 0.1) is 0 Å². The first-order valence-corrected chi connectivity index (χ1v) is 5.01. The van der Waals surface area contributed by atoms with Gasteiger partial charge in [-0.15, -0.1) is 0 Å². The quantitative estimate of drug-likeness (QED) is 0.913. The molecule has 0 aromatic carbocycles. The predicted octanol–water partition coefficient (Wildman–Crippen LogP) is 3.05. The summed E-state index contributed by atoms with van der Waals surface area (Å²) in [5, 5.41) is 3.20. The van der Waals surface area contributed by atoms with Crippen LogP contribution in [-0.2, 0) is 6.54 Å². The van der Waals surface area contributed by atoms with Crippen LogP contribution in [0.15, 0.2) is 45.7 Å². The molecule has 0 spiro atoms. The molecular formula is C10H9BrN2O. The van der Waals surface area contributed by atoms with Gasteiger partial charge in [0, 0.05) is 10.7 Å². The highest BCUT2D eigenvalue weighted by Crippen LogP contribution is 2.14. The lowest BCUT2D eigenvalue weighted by atomic mass is 10.4. The highest BCUT2D eigenvalue weighted by molar-refractivity contribution is 9.10. The lowest BCUT2D eigenvalue weighted by molar-refractivity contribution is 0.518. The minimum atomic E-state index is 0.672. The SMILES string of the molecule is Brc1cncc(NCc2ccco2)c1. The van der Waals surface area contributed by atoms with E-state index in [0.717, 1.165) is 15.9 Å². The Morgan fingerprint density at radius 1 is 1.43 bits per heavy atom. The van der Waals surface area contributed by atoms with E-state index in [1.165, 1.54) is 0 Å². The molecule has 72 valence electrons. The molecule has 0 aliphatic carbocycles. The number of anilines is 1. The summed E-state index contributed by atoms with van der Waals surface area (Å²) in [5.41, 5.74) is 0.968. The van der Waals surface area contributed by atoms with Crippen molar-refractivity contribution in [1.29, 1.82) is 0 Å². The van der Waals surface area contributed by atoms with Crippen molar-refractivity contribution in [2.75, 3.05) is 5.32 Å². The number of halogens is 1. The van der Waals surface area contributed by atoms with Gasteiger partial charge in [-0.2, -0.15) is 0 Å². The number of hydrogen-bond donors (Lipinski definition) is 1. The molecule has 0 fully saturated rings. The van der Waals surface area contributed by atoms with E-state index in [4.69, 9.17) is 4.42 Å². The maximum absolute atomic E-state index is 5.19. The van der Waals surface area contributed by atoms with E-state index >= 15 is 0 Å². The summed E-state index contributed by atoms with van der Waals surface area (Å²) in [6.45, 7) is 0.672. The zero-order valence-electron chi connectivity index (χ0n) is 7.40. The van der Waals surface area contributed by atoms with E-state index in [1.54, 1.807) is 18.7 Å². The Morgan fingerprint density at radius 3 is 3.07 bits per heavy atom. The summed E-state index contributed by atoms with van der Waals surface area (Å²) in [6, 6.07) is 5.77. The molecule has 2 aromatic rings. The highest BCUT2D eigenvalue weighted by atomic mass is 79.9. The highest BCUT2D eigenvalue weighted by Gasteiger charge is 1.96. The molecular weight excluding hydrogens is 244 g/mol. The Morgan fingerprint density at radius 2 is 2.36 bits per heavy atom. The van der Waals surface area contributed by atoms with Gasteiger partial charge in [-0.3, -0.25) is 4.98 Å². The van der Waals surface area contributed by atoms with Crippen molar-refractivity contribution in [2.45, 2.75) is 6.54 Å². The normalized spacial score (nSPS) is 10.1. The van der Waals surface area contributed by atoms with Gasteiger partial charge in [-0.05, 0) is 34.1 Å². The van der Waals surface area contributed by atoms with Gasteiger partial charge in [-0.25, -0.2) is 0 Å². The van der Waals surface area contributed by atoms with E-state index in [9.17, 15) is 0 Å². The number of furan rings is 1. The molecule has 0 saturated carbocycles. The summed E-state index contributed by atoms with van der Waals surface area (Å²) in [4.78, 5) is 4.04. The van der Waals surface area contributed by atoms with Crippen LogP contribution in [0.4, 0.5) is 5.69 Å². The summed E-state index contributed by atoms with van der Waals surface area (Å²) in [6.07, 6.45) is 5.18. The van der Waals surface area contributed by atoms with Crippen molar-refractivity contribution in [2.24, 2.45) is 0 Å². The summed E-state index contributed by atoms with van der Waals surface area (Å²) >= 11 is 3.35.